The van der Waals surface area contributed by atoms with E-state index in [9.17, 15) is 9.18 Å². The van der Waals surface area contributed by atoms with Crippen LogP contribution in [0, 0.1) is 5.82 Å². The number of rotatable bonds is 4. The van der Waals surface area contributed by atoms with Gasteiger partial charge in [0.1, 0.15) is 5.82 Å². The molecule has 1 saturated heterocycles. The molecule has 0 aromatic heterocycles. The average molecular weight is 493 g/mol. The average Bonchev–Trinajstić information content (AvgIpc) is 2.78. The van der Waals surface area contributed by atoms with Crippen molar-refractivity contribution in [3.05, 3.63) is 98.7 Å². The second-order valence-electron chi connectivity index (χ2n) is 7.59. The summed E-state index contributed by atoms with van der Waals surface area (Å²) in [7, 11) is 0. The molecule has 3 aromatic rings. The van der Waals surface area contributed by atoms with E-state index < -0.39 is 0 Å². The number of anilines is 1. The minimum Gasteiger partial charge on any atom is -0.360 e. The minimum atomic E-state index is -0.326. The molecule has 1 fully saturated rings. The fraction of sp³-hybridized carbons (Fsp3) is 0.208. The number of halogens is 4. The van der Waals surface area contributed by atoms with E-state index in [2.05, 4.69) is 10.2 Å². The largest absolute Gasteiger partial charge is 0.360 e. The van der Waals surface area contributed by atoms with Crippen LogP contribution in [-0.4, -0.2) is 30.6 Å². The Morgan fingerprint density at radius 3 is 2.44 bits per heavy atom. The Kier molecular flexibility index (Phi) is 7.09. The zero-order valence-corrected chi connectivity index (χ0v) is 19.3. The Morgan fingerprint density at radius 2 is 1.72 bits per heavy atom. The van der Waals surface area contributed by atoms with Crippen LogP contribution in [-0.2, 0) is 6.54 Å². The van der Waals surface area contributed by atoms with Crippen LogP contribution in [0.5, 0.6) is 0 Å². The molecule has 3 aromatic carbocycles. The van der Waals surface area contributed by atoms with E-state index in [1.807, 2.05) is 30.3 Å². The predicted octanol–water partition coefficient (Wildman–Crippen LogP) is 6.56. The quantitative estimate of drug-likeness (QED) is 0.448. The van der Waals surface area contributed by atoms with Gasteiger partial charge in [-0.3, -0.25) is 0 Å². The fourth-order valence-electron chi connectivity index (χ4n) is 3.88. The first-order valence-corrected chi connectivity index (χ1v) is 11.3. The summed E-state index contributed by atoms with van der Waals surface area (Å²) in [6.45, 7) is 1.81. The van der Waals surface area contributed by atoms with E-state index in [4.69, 9.17) is 34.8 Å². The third-order valence-corrected chi connectivity index (χ3v) is 6.26. The number of carbonyl (C=O) groups excluding carboxylic acids is 1. The molecular formula is C24H21Cl3FN3O. The van der Waals surface area contributed by atoms with Crippen molar-refractivity contribution in [2.24, 2.45) is 0 Å². The molecule has 1 aliphatic rings. The highest BCUT2D eigenvalue weighted by Crippen LogP contribution is 2.36. The number of hydrogen-bond donors (Lipinski definition) is 1. The SMILES string of the molecule is O=C(NCc1cccc(F)c1)N1CCN(c2ccc(Cl)cc2Cl)C(c2ccc(Cl)cc2)C1. The second-order valence-corrected chi connectivity index (χ2v) is 8.87. The zero-order valence-electron chi connectivity index (χ0n) is 17.1. The Hall–Kier alpha value is -2.47. The van der Waals surface area contributed by atoms with Gasteiger partial charge in [-0.25, -0.2) is 9.18 Å². The summed E-state index contributed by atoms with van der Waals surface area (Å²) < 4.78 is 13.4. The number of amides is 2. The van der Waals surface area contributed by atoms with Gasteiger partial charge in [0.15, 0.2) is 0 Å². The van der Waals surface area contributed by atoms with Crippen LogP contribution in [0.1, 0.15) is 17.2 Å². The highest BCUT2D eigenvalue weighted by atomic mass is 35.5. The third kappa shape index (κ3) is 5.29. The van der Waals surface area contributed by atoms with Crippen molar-refractivity contribution in [3.8, 4) is 0 Å². The molecule has 4 nitrogen and oxygen atoms in total. The van der Waals surface area contributed by atoms with Gasteiger partial charge in [-0.2, -0.15) is 0 Å². The first-order valence-electron chi connectivity index (χ1n) is 10.1. The first-order chi connectivity index (χ1) is 15.4. The van der Waals surface area contributed by atoms with E-state index in [0.29, 0.717) is 40.3 Å². The lowest BCUT2D eigenvalue weighted by Crippen LogP contribution is -2.53. The lowest BCUT2D eigenvalue weighted by molar-refractivity contribution is 0.184. The number of carbonyl (C=O) groups is 1. The summed E-state index contributed by atoms with van der Waals surface area (Å²) in [6, 6.07) is 18.9. The number of benzene rings is 3. The summed E-state index contributed by atoms with van der Waals surface area (Å²) in [5.41, 5.74) is 2.58. The molecule has 32 heavy (non-hydrogen) atoms. The molecule has 2 amide bonds. The van der Waals surface area contributed by atoms with E-state index in [-0.39, 0.29) is 24.4 Å². The van der Waals surface area contributed by atoms with Crippen molar-refractivity contribution in [1.82, 2.24) is 10.2 Å². The summed E-state index contributed by atoms with van der Waals surface area (Å²) in [6.07, 6.45) is 0. The number of urea groups is 1. The number of piperazine rings is 1. The summed E-state index contributed by atoms with van der Waals surface area (Å²) in [5, 5.41) is 4.65. The summed E-state index contributed by atoms with van der Waals surface area (Å²) in [4.78, 5) is 16.8. The molecule has 1 atom stereocenters. The number of hydrogen-bond acceptors (Lipinski definition) is 2. The lowest BCUT2D eigenvalue weighted by atomic mass is 10.0. The normalized spacial score (nSPS) is 16.2. The van der Waals surface area contributed by atoms with Gasteiger partial charge < -0.3 is 15.1 Å². The predicted molar refractivity (Wildman–Crippen MR) is 128 cm³/mol. The van der Waals surface area contributed by atoms with Crippen LogP contribution in [0.15, 0.2) is 66.7 Å². The van der Waals surface area contributed by atoms with Gasteiger partial charge in [0.2, 0.25) is 0 Å². The smallest absolute Gasteiger partial charge is 0.317 e. The van der Waals surface area contributed by atoms with Crippen LogP contribution >= 0.6 is 34.8 Å². The Labute approximate surface area is 201 Å². The van der Waals surface area contributed by atoms with Crippen molar-refractivity contribution in [2.75, 3.05) is 24.5 Å². The third-order valence-electron chi connectivity index (χ3n) is 5.47. The molecule has 1 N–H and O–H groups in total. The van der Waals surface area contributed by atoms with Crippen molar-refractivity contribution >= 4 is 46.5 Å². The monoisotopic (exact) mass is 491 g/mol. The van der Waals surface area contributed by atoms with Crippen molar-refractivity contribution < 1.29 is 9.18 Å². The maximum Gasteiger partial charge on any atom is 0.317 e. The number of nitrogens with zero attached hydrogens (tertiary/aromatic N) is 2. The lowest BCUT2D eigenvalue weighted by Gasteiger charge is -2.43. The van der Waals surface area contributed by atoms with Gasteiger partial charge in [-0.1, -0.05) is 59.1 Å². The highest BCUT2D eigenvalue weighted by Gasteiger charge is 2.31. The van der Waals surface area contributed by atoms with Crippen molar-refractivity contribution in [1.29, 1.82) is 0 Å². The Balaban J connectivity index is 1.54. The molecule has 1 aliphatic heterocycles. The molecule has 0 spiro atoms. The Morgan fingerprint density at radius 1 is 0.969 bits per heavy atom. The molecule has 4 rings (SSSR count). The van der Waals surface area contributed by atoms with Crippen LogP contribution in [0.2, 0.25) is 15.1 Å². The van der Waals surface area contributed by atoms with Gasteiger partial charge in [0, 0.05) is 36.2 Å². The van der Waals surface area contributed by atoms with E-state index in [1.165, 1.54) is 12.1 Å². The van der Waals surface area contributed by atoms with Gasteiger partial charge in [0.25, 0.3) is 0 Å². The molecule has 1 unspecified atom stereocenters. The topological polar surface area (TPSA) is 35.6 Å². The Bertz CT molecular complexity index is 1110. The summed E-state index contributed by atoms with van der Waals surface area (Å²) >= 11 is 18.7. The van der Waals surface area contributed by atoms with Crippen LogP contribution in [0.25, 0.3) is 0 Å². The van der Waals surface area contributed by atoms with Gasteiger partial charge in [-0.05, 0) is 53.6 Å². The molecule has 0 bridgehead atoms. The minimum absolute atomic E-state index is 0.125. The first kappa shape index (κ1) is 22.7. The van der Waals surface area contributed by atoms with Crippen LogP contribution in [0.3, 0.4) is 0 Å². The van der Waals surface area contributed by atoms with Gasteiger partial charge >= 0.3 is 6.03 Å². The standard InChI is InChI=1S/C24H21Cl3FN3O/c25-18-6-4-17(5-7-18)23-15-30(24(32)29-14-16-2-1-3-20(28)12-16)10-11-31(23)22-9-8-19(26)13-21(22)27/h1-9,12-13,23H,10-11,14-15H2,(H,29,32). The molecule has 166 valence electrons. The highest BCUT2D eigenvalue weighted by molar-refractivity contribution is 6.36. The molecule has 1 heterocycles. The maximum absolute atomic E-state index is 13.4. The van der Waals surface area contributed by atoms with Crippen LogP contribution in [0.4, 0.5) is 14.9 Å². The number of nitrogens with one attached hydrogen (secondary N) is 1. The molecule has 0 aliphatic carbocycles. The van der Waals surface area contributed by atoms with E-state index in [0.717, 1.165) is 11.3 Å². The molecule has 8 heteroatoms. The molecular weight excluding hydrogens is 472 g/mol. The van der Waals surface area contributed by atoms with E-state index >= 15 is 0 Å². The van der Waals surface area contributed by atoms with Crippen molar-refractivity contribution in [3.63, 3.8) is 0 Å². The second kappa shape index (κ2) is 9.99. The fourth-order valence-corrected chi connectivity index (χ4v) is 4.52. The molecule has 0 radical (unpaired) electrons. The summed E-state index contributed by atoms with van der Waals surface area (Å²) in [5.74, 6) is -0.326. The van der Waals surface area contributed by atoms with Crippen molar-refractivity contribution in [2.45, 2.75) is 12.6 Å². The van der Waals surface area contributed by atoms with E-state index in [1.54, 1.807) is 29.2 Å². The van der Waals surface area contributed by atoms with Gasteiger partial charge in [-0.15, -0.1) is 0 Å². The zero-order chi connectivity index (χ0) is 22.7. The van der Waals surface area contributed by atoms with Gasteiger partial charge in [0.05, 0.1) is 16.8 Å². The van der Waals surface area contributed by atoms with Crippen LogP contribution < -0.4 is 10.2 Å². The molecule has 0 saturated carbocycles. The maximum atomic E-state index is 13.4.